The maximum absolute atomic E-state index is 10.4. The molecule has 3 aromatic rings. The van der Waals surface area contributed by atoms with E-state index in [0.29, 0.717) is 11.6 Å². The van der Waals surface area contributed by atoms with E-state index in [4.69, 9.17) is 16.0 Å². The van der Waals surface area contributed by atoms with Gasteiger partial charge in [-0.3, -0.25) is 0 Å². The van der Waals surface area contributed by atoms with Crippen molar-refractivity contribution in [3.8, 4) is 10.8 Å². The maximum atomic E-state index is 10.4. The smallest absolute Gasteiger partial charge is 0.162 e. The third-order valence-electron chi connectivity index (χ3n) is 3.57. The van der Waals surface area contributed by atoms with E-state index in [0.717, 1.165) is 22.0 Å². The van der Waals surface area contributed by atoms with Crippen molar-refractivity contribution in [2.75, 3.05) is 0 Å². The molecule has 0 bridgehead atoms. The van der Waals surface area contributed by atoms with E-state index in [1.165, 1.54) is 0 Å². The molecule has 0 saturated carbocycles. The fourth-order valence-electron chi connectivity index (χ4n) is 2.23. The highest BCUT2D eigenvalue weighted by atomic mass is 35.5. The van der Waals surface area contributed by atoms with E-state index in [1.807, 2.05) is 36.6 Å². The molecular formula is C17H17ClN2O2S. The quantitative estimate of drug-likeness (QED) is 0.698. The molecule has 1 aromatic carbocycles. The van der Waals surface area contributed by atoms with Gasteiger partial charge in [-0.25, -0.2) is 4.98 Å². The van der Waals surface area contributed by atoms with Crippen LogP contribution in [0, 0.1) is 0 Å². The Hall–Kier alpha value is -1.66. The molecule has 2 unspecified atom stereocenters. The Morgan fingerprint density at radius 3 is 2.78 bits per heavy atom. The Bertz CT molecular complexity index is 740. The molecule has 6 heteroatoms. The van der Waals surface area contributed by atoms with Crippen LogP contribution in [0.25, 0.3) is 10.8 Å². The molecule has 0 amide bonds. The van der Waals surface area contributed by atoms with Gasteiger partial charge in [-0.05, 0) is 36.8 Å². The molecule has 2 aromatic heterocycles. The zero-order valence-electron chi connectivity index (χ0n) is 12.6. The number of aliphatic hydroxyl groups excluding tert-OH is 1. The fraction of sp³-hybridized carbons (Fsp3) is 0.235. The van der Waals surface area contributed by atoms with Crippen LogP contribution in [-0.4, -0.2) is 16.1 Å². The van der Waals surface area contributed by atoms with E-state index in [9.17, 15) is 5.11 Å². The number of nitrogens with zero attached hydrogens (tertiary/aromatic N) is 1. The van der Waals surface area contributed by atoms with Crippen LogP contribution >= 0.6 is 22.9 Å². The van der Waals surface area contributed by atoms with Crippen LogP contribution in [0.2, 0.25) is 5.02 Å². The number of furan rings is 1. The molecule has 4 nitrogen and oxygen atoms in total. The van der Waals surface area contributed by atoms with Gasteiger partial charge in [0.15, 0.2) is 10.8 Å². The number of hydrogen-bond acceptors (Lipinski definition) is 5. The summed E-state index contributed by atoms with van der Waals surface area (Å²) in [6, 6.07) is 10.9. The minimum absolute atomic E-state index is 0.107. The standard InChI is InChI=1S/C17H17ClN2O2S/c1-11(16(21)12-4-6-13(18)7-5-12)19-9-14-10-23-17(20-14)15-3-2-8-22-15/h2-8,10-11,16,19,21H,9H2,1H3. The van der Waals surface area contributed by atoms with Gasteiger partial charge in [0.2, 0.25) is 0 Å². The van der Waals surface area contributed by atoms with Gasteiger partial charge in [0.05, 0.1) is 18.1 Å². The number of nitrogens with one attached hydrogen (secondary N) is 1. The summed E-state index contributed by atoms with van der Waals surface area (Å²) in [5.74, 6) is 0.774. The molecule has 0 fully saturated rings. The van der Waals surface area contributed by atoms with Gasteiger partial charge in [-0.2, -0.15) is 0 Å². The van der Waals surface area contributed by atoms with E-state index in [1.54, 1.807) is 29.7 Å². The Balaban J connectivity index is 1.58. The molecule has 23 heavy (non-hydrogen) atoms. The first-order valence-corrected chi connectivity index (χ1v) is 8.54. The first kappa shape index (κ1) is 16.2. The van der Waals surface area contributed by atoms with Crippen molar-refractivity contribution in [1.82, 2.24) is 10.3 Å². The van der Waals surface area contributed by atoms with Crippen molar-refractivity contribution < 1.29 is 9.52 Å². The van der Waals surface area contributed by atoms with Crippen molar-refractivity contribution in [2.45, 2.75) is 25.6 Å². The predicted octanol–water partition coefficient (Wildman–Crippen LogP) is 4.27. The van der Waals surface area contributed by atoms with E-state index in [2.05, 4.69) is 10.3 Å². The number of aliphatic hydroxyl groups is 1. The van der Waals surface area contributed by atoms with Gasteiger partial charge < -0.3 is 14.8 Å². The molecular weight excluding hydrogens is 332 g/mol. The molecule has 3 rings (SSSR count). The summed E-state index contributed by atoms with van der Waals surface area (Å²) < 4.78 is 5.34. The molecule has 0 radical (unpaired) electrons. The largest absolute Gasteiger partial charge is 0.462 e. The minimum Gasteiger partial charge on any atom is -0.462 e. The molecule has 0 saturated heterocycles. The third kappa shape index (κ3) is 4.00. The minimum atomic E-state index is -0.601. The summed E-state index contributed by atoms with van der Waals surface area (Å²) in [5.41, 5.74) is 1.76. The van der Waals surface area contributed by atoms with Crippen molar-refractivity contribution in [3.63, 3.8) is 0 Å². The lowest BCUT2D eigenvalue weighted by molar-refractivity contribution is 0.135. The first-order chi connectivity index (χ1) is 11.1. The van der Waals surface area contributed by atoms with Crippen LogP contribution in [0.3, 0.4) is 0 Å². The van der Waals surface area contributed by atoms with Crippen molar-refractivity contribution in [3.05, 3.63) is 64.3 Å². The normalized spacial score (nSPS) is 13.9. The Morgan fingerprint density at radius 1 is 1.30 bits per heavy atom. The van der Waals surface area contributed by atoms with Gasteiger partial charge in [-0.1, -0.05) is 23.7 Å². The molecule has 0 spiro atoms. The first-order valence-electron chi connectivity index (χ1n) is 7.28. The highest BCUT2D eigenvalue weighted by Gasteiger charge is 2.16. The van der Waals surface area contributed by atoms with Gasteiger partial charge in [0.1, 0.15) is 0 Å². The fourth-order valence-corrected chi connectivity index (χ4v) is 3.14. The number of thiazole rings is 1. The lowest BCUT2D eigenvalue weighted by Crippen LogP contribution is -2.31. The molecule has 2 N–H and O–H groups in total. The van der Waals surface area contributed by atoms with Crippen LogP contribution in [0.4, 0.5) is 0 Å². The summed E-state index contributed by atoms with van der Waals surface area (Å²) in [6.45, 7) is 2.53. The van der Waals surface area contributed by atoms with Gasteiger partial charge in [0.25, 0.3) is 0 Å². The molecule has 0 aliphatic carbocycles. The maximum Gasteiger partial charge on any atom is 0.162 e. The van der Waals surface area contributed by atoms with Crippen LogP contribution in [0.15, 0.2) is 52.5 Å². The zero-order chi connectivity index (χ0) is 16.2. The second kappa shape index (κ2) is 7.27. The van der Waals surface area contributed by atoms with Crippen LogP contribution in [0.1, 0.15) is 24.3 Å². The zero-order valence-corrected chi connectivity index (χ0v) is 14.1. The van der Waals surface area contributed by atoms with Gasteiger partial charge in [0, 0.05) is 23.0 Å². The number of benzene rings is 1. The summed E-state index contributed by atoms with van der Waals surface area (Å²) in [7, 11) is 0. The van der Waals surface area contributed by atoms with Crippen LogP contribution in [0.5, 0.6) is 0 Å². The average molecular weight is 349 g/mol. The lowest BCUT2D eigenvalue weighted by atomic mass is 10.0. The molecule has 0 aliphatic rings. The Labute approximate surface area is 143 Å². The summed E-state index contributed by atoms with van der Waals surface area (Å²) >= 11 is 7.41. The average Bonchev–Trinajstić information content (AvgIpc) is 3.23. The lowest BCUT2D eigenvalue weighted by Gasteiger charge is -2.20. The molecule has 120 valence electrons. The van der Waals surface area contributed by atoms with Crippen molar-refractivity contribution >= 4 is 22.9 Å². The van der Waals surface area contributed by atoms with Crippen LogP contribution < -0.4 is 5.32 Å². The van der Waals surface area contributed by atoms with E-state index in [-0.39, 0.29) is 6.04 Å². The van der Waals surface area contributed by atoms with Gasteiger partial charge >= 0.3 is 0 Å². The van der Waals surface area contributed by atoms with E-state index < -0.39 is 6.10 Å². The number of halogens is 1. The van der Waals surface area contributed by atoms with Crippen LogP contribution in [-0.2, 0) is 6.54 Å². The topological polar surface area (TPSA) is 58.3 Å². The SMILES string of the molecule is CC(NCc1csc(-c2ccco2)n1)C(O)c1ccc(Cl)cc1. The summed E-state index contributed by atoms with van der Waals surface area (Å²) in [4.78, 5) is 4.53. The predicted molar refractivity (Wildman–Crippen MR) is 92.5 cm³/mol. The number of aromatic nitrogens is 1. The monoisotopic (exact) mass is 348 g/mol. The van der Waals surface area contributed by atoms with Crippen molar-refractivity contribution in [1.29, 1.82) is 0 Å². The number of rotatable bonds is 6. The molecule has 2 atom stereocenters. The second-order valence-corrected chi connectivity index (χ2v) is 6.58. The highest BCUT2D eigenvalue weighted by Crippen LogP contribution is 2.24. The number of hydrogen-bond donors (Lipinski definition) is 2. The molecule has 0 aliphatic heterocycles. The second-order valence-electron chi connectivity index (χ2n) is 5.29. The third-order valence-corrected chi connectivity index (χ3v) is 4.73. The van der Waals surface area contributed by atoms with Gasteiger partial charge in [-0.15, -0.1) is 11.3 Å². The highest BCUT2D eigenvalue weighted by molar-refractivity contribution is 7.13. The summed E-state index contributed by atoms with van der Waals surface area (Å²) in [5, 5.41) is 17.2. The van der Waals surface area contributed by atoms with E-state index >= 15 is 0 Å². The summed E-state index contributed by atoms with van der Waals surface area (Å²) in [6.07, 6.45) is 1.04. The van der Waals surface area contributed by atoms with Crippen molar-refractivity contribution in [2.24, 2.45) is 0 Å². The molecule has 2 heterocycles. The Kier molecular flexibility index (Phi) is 5.13. The Morgan fingerprint density at radius 2 is 2.09 bits per heavy atom.